The second kappa shape index (κ2) is 5.03. The number of allylic oxidation sites excluding steroid dienone is 2. The number of ketones is 1. The zero-order valence-corrected chi connectivity index (χ0v) is 10.3. The quantitative estimate of drug-likeness (QED) is 0.721. The van der Waals surface area contributed by atoms with E-state index in [1.807, 2.05) is 6.07 Å². The molecule has 1 aliphatic rings. The maximum Gasteiger partial charge on any atom is 0.155 e. The highest BCUT2D eigenvalue weighted by Crippen LogP contribution is 2.31. The summed E-state index contributed by atoms with van der Waals surface area (Å²) in [5, 5.41) is 1.31. The number of carbonyl (C=O) groups is 1. The largest absolute Gasteiger partial charge is 0.295 e. The van der Waals surface area contributed by atoms with E-state index in [1.54, 1.807) is 18.2 Å². The van der Waals surface area contributed by atoms with Crippen molar-refractivity contribution in [1.29, 1.82) is 0 Å². The van der Waals surface area contributed by atoms with Gasteiger partial charge in [0.1, 0.15) is 0 Å². The van der Waals surface area contributed by atoms with Gasteiger partial charge in [0, 0.05) is 16.5 Å². The highest BCUT2D eigenvalue weighted by Gasteiger charge is 2.12. The van der Waals surface area contributed by atoms with Crippen LogP contribution in [0.3, 0.4) is 0 Å². The van der Waals surface area contributed by atoms with Gasteiger partial charge in [-0.3, -0.25) is 4.79 Å². The Kier molecular flexibility index (Phi) is 3.67. The van der Waals surface area contributed by atoms with E-state index in [9.17, 15) is 4.79 Å². The van der Waals surface area contributed by atoms with Gasteiger partial charge in [-0.15, -0.1) is 0 Å². The minimum atomic E-state index is 0.184. The van der Waals surface area contributed by atoms with Crippen LogP contribution in [-0.2, 0) is 4.79 Å². The third-order valence-electron chi connectivity index (χ3n) is 2.73. The molecule has 0 amide bonds. The van der Waals surface area contributed by atoms with Crippen LogP contribution in [0.4, 0.5) is 0 Å². The van der Waals surface area contributed by atoms with Crippen LogP contribution in [0.25, 0.3) is 5.57 Å². The Morgan fingerprint density at radius 3 is 2.62 bits per heavy atom. The lowest BCUT2D eigenvalue weighted by Crippen LogP contribution is -1.91. The average Bonchev–Trinajstić information content (AvgIpc) is 2.46. The summed E-state index contributed by atoms with van der Waals surface area (Å²) in [4.78, 5) is 11.5. The Bertz CT molecular complexity index is 449. The highest BCUT2D eigenvalue weighted by atomic mass is 35.5. The zero-order valence-electron chi connectivity index (χ0n) is 8.80. The Labute approximate surface area is 105 Å². The molecule has 0 aliphatic heterocycles. The van der Waals surface area contributed by atoms with Crippen LogP contribution >= 0.6 is 23.2 Å². The number of hydrogen-bond acceptors (Lipinski definition) is 1. The minimum absolute atomic E-state index is 0.184. The van der Waals surface area contributed by atoms with Crippen LogP contribution < -0.4 is 0 Å². The molecule has 1 aromatic carbocycles. The molecule has 84 valence electrons. The summed E-state index contributed by atoms with van der Waals surface area (Å²) >= 11 is 12.1. The van der Waals surface area contributed by atoms with Crippen molar-refractivity contribution in [1.82, 2.24) is 0 Å². The number of halogens is 2. The van der Waals surface area contributed by atoms with Crippen LogP contribution in [0.1, 0.15) is 31.2 Å². The summed E-state index contributed by atoms with van der Waals surface area (Å²) in [5.41, 5.74) is 1.90. The molecule has 0 N–H and O–H groups in total. The van der Waals surface area contributed by atoms with Crippen molar-refractivity contribution in [3.05, 3.63) is 39.9 Å². The Hall–Kier alpha value is -0.790. The lowest BCUT2D eigenvalue weighted by atomic mass is 10.0. The van der Waals surface area contributed by atoms with E-state index < -0.39 is 0 Å². The van der Waals surface area contributed by atoms with E-state index in [0.29, 0.717) is 16.5 Å². The van der Waals surface area contributed by atoms with Crippen molar-refractivity contribution in [2.75, 3.05) is 0 Å². The van der Waals surface area contributed by atoms with Gasteiger partial charge in [0.15, 0.2) is 5.78 Å². The lowest BCUT2D eigenvalue weighted by molar-refractivity contribution is -0.114. The van der Waals surface area contributed by atoms with Crippen LogP contribution in [0.2, 0.25) is 10.0 Å². The number of rotatable bonds is 1. The van der Waals surface area contributed by atoms with Crippen molar-refractivity contribution in [2.45, 2.75) is 25.7 Å². The van der Waals surface area contributed by atoms with E-state index in [1.165, 1.54) is 0 Å². The van der Waals surface area contributed by atoms with Crippen molar-refractivity contribution in [2.24, 2.45) is 0 Å². The standard InChI is InChI=1S/C13H12Cl2O/c14-10-5-6-13(15)12(8-10)9-3-1-2-4-11(16)7-9/h5-8H,1-4H2. The van der Waals surface area contributed by atoms with E-state index in [0.717, 1.165) is 30.4 Å². The molecule has 3 heteroatoms. The molecule has 0 saturated carbocycles. The predicted octanol–water partition coefficient (Wildman–Crippen LogP) is 4.52. The summed E-state index contributed by atoms with van der Waals surface area (Å²) < 4.78 is 0. The maximum absolute atomic E-state index is 11.5. The van der Waals surface area contributed by atoms with E-state index in [-0.39, 0.29) is 5.78 Å². The smallest absolute Gasteiger partial charge is 0.155 e. The number of hydrogen-bond donors (Lipinski definition) is 0. The van der Waals surface area contributed by atoms with Crippen molar-refractivity contribution >= 4 is 34.6 Å². The first kappa shape index (κ1) is 11.7. The van der Waals surface area contributed by atoms with Gasteiger partial charge in [-0.2, -0.15) is 0 Å². The molecular weight excluding hydrogens is 243 g/mol. The molecule has 1 aliphatic carbocycles. The molecule has 0 saturated heterocycles. The second-order valence-electron chi connectivity index (χ2n) is 3.97. The molecule has 0 fully saturated rings. The SMILES string of the molecule is O=C1C=C(c2cc(Cl)ccc2Cl)CCCC1. The summed E-state index contributed by atoms with van der Waals surface area (Å²) in [5.74, 6) is 0.184. The highest BCUT2D eigenvalue weighted by molar-refractivity contribution is 6.34. The molecular formula is C13H12Cl2O. The molecule has 0 heterocycles. The Morgan fingerprint density at radius 2 is 1.81 bits per heavy atom. The normalized spacial score (nSPS) is 16.9. The minimum Gasteiger partial charge on any atom is -0.295 e. The van der Waals surface area contributed by atoms with Gasteiger partial charge in [-0.25, -0.2) is 0 Å². The first-order chi connectivity index (χ1) is 7.66. The van der Waals surface area contributed by atoms with Gasteiger partial charge in [0.2, 0.25) is 0 Å². The average molecular weight is 255 g/mol. The molecule has 0 unspecified atom stereocenters. The molecule has 0 bridgehead atoms. The zero-order chi connectivity index (χ0) is 11.5. The number of benzene rings is 1. The summed E-state index contributed by atoms with van der Waals surface area (Å²) in [6, 6.07) is 5.36. The second-order valence-corrected chi connectivity index (χ2v) is 4.81. The maximum atomic E-state index is 11.5. The van der Waals surface area contributed by atoms with Crippen LogP contribution in [-0.4, -0.2) is 5.78 Å². The van der Waals surface area contributed by atoms with Crippen molar-refractivity contribution < 1.29 is 4.79 Å². The van der Waals surface area contributed by atoms with Gasteiger partial charge in [0.05, 0.1) is 0 Å². The molecule has 2 rings (SSSR count). The molecule has 16 heavy (non-hydrogen) atoms. The number of carbonyl (C=O) groups excluding carboxylic acids is 1. The topological polar surface area (TPSA) is 17.1 Å². The van der Waals surface area contributed by atoms with Gasteiger partial charge >= 0.3 is 0 Å². The van der Waals surface area contributed by atoms with Crippen LogP contribution in [0.5, 0.6) is 0 Å². The van der Waals surface area contributed by atoms with Crippen molar-refractivity contribution in [3.63, 3.8) is 0 Å². The summed E-state index contributed by atoms with van der Waals surface area (Å²) in [7, 11) is 0. The molecule has 0 atom stereocenters. The fourth-order valence-electron chi connectivity index (χ4n) is 1.91. The van der Waals surface area contributed by atoms with E-state index >= 15 is 0 Å². The van der Waals surface area contributed by atoms with Crippen molar-refractivity contribution in [3.8, 4) is 0 Å². The predicted molar refractivity (Wildman–Crippen MR) is 67.9 cm³/mol. The first-order valence-corrected chi connectivity index (χ1v) is 6.11. The molecule has 0 spiro atoms. The van der Waals surface area contributed by atoms with Gasteiger partial charge in [-0.1, -0.05) is 23.2 Å². The monoisotopic (exact) mass is 254 g/mol. The third-order valence-corrected chi connectivity index (χ3v) is 3.29. The van der Waals surface area contributed by atoms with E-state index in [2.05, 4.69) is 0 Å². The molecule has 1 aromatic rings. The van der Waals surface area contributed by atoms with Gasteiger partial charge < -0.3 is 0 Å². The molecule has 1 nitrogen and oxygen atoms in total. The van der Waals surface area contributed by atoms with E-state index in [4.69, 9.17) is 23.2 Å². The third kappa shape index (κ3) is 2.66. The van der Waals surface area contributed by atoms with Crippen LogP contribution in [0, 0.1) is 0 Å². The summed E-state index contributed by atoms with van der Waals surface area (Å²) in [6.45, 7) is 0. The fraction of sp³-hybridized carbons (Fsp3) is 0.308. The fourth-order valence-corrected chi connectivity index (χ4v) is 2.32. The van der Waals surface area contributed by atoms with Gasteiger partial charge in [-0.05, 0) is 54.7 Å². The Balaban J connectivity index is 2.42. The van der Waals surface area contributed by atoms with Crippen LogP contribution in [0.15, 0.2) is 24.3 Å². The lowest BCUT2D eigenvalue weighted by Gasteiger charge is -2.08. The molecule has 0 radical (unpaired) electrons. The molecule has 0 aromatic heterocycles. The van der Waals surface area contributed by atoms with Gasteiger partial charge in [0.25, 0.3) is 0 Å². The first-order valence-electron chi connectivity index (χ1n) is 5.35. The summed E-state index contributed by atoms with van der Waals surface area (Å²) in [6.07, 6.45) is 5.23. The Morgan fingerprint density at radius 1 is 1.06 bits per heavy atom.